The molecule has 1 unspecified atom stereocenters. The third-order valence-corrected chi connectivity index (χ3v) is 9.58. The van der Waals surface area contributed by atoms with Crippen LogP contribution in [0, 0.1) is 11.8 Å². The molecule has 6 heteroatoms. The van der Waals surface area contributed by atoms with E-state index in [4.69, 9.17) is 14.2 Å². The fraction of sp³-hybridized carbons (Fsp3) is 0.929. The molecule has 0 spiro atoms. The van der Waals surface area contributed by atoms with Gasteiger partial charge in [-0.05, 0) is 31.1 Å². The van der Waals surface area contributed by atoms with Gasteiger partial charge < -0.3 is 14.2 Å². The molecule has 48 heavy (non-hydrogen) atoms. The summed E-state index contributed by atoms with van der Waals surface area (Å²) in [6.07, 6.45) is 31.0. The standard InChI is InChI=1S/C42H80O6/c1-6-8-9-10-15-22-27-32-40(43)46-35-39(36-47-41(44)33-28-23-19-18-20-25-30-37(3)4)48-42(45)34-29-24-17-14-12-11-13-16-21-26-31-38(5)7-2/h37-39H,6-36H2,1-5H3/t38?,39-/m0/s1. The molecule has 6 nitrogen and oxygen atoms in total. The van der Waals surface area contributed by atoms with Crippen molar-refractivity contribution in [2.45, 2.75) is 227 Å². The fourth-order valence-electron chi connectivity index (χ4n) is 6.01. The van der Waals surface area contributed by atoms with Gasteiger partial charge in [0, 0.05) is 19.3 Å². The molecule has 0 bridgehead atoms. The maximum atomic E-state index is 12.6. The van der Waals surface area contributed by atoms with Crippen molar-refractivity contribution in [3.8, 4) is 0 Å². The summed E-state index contributed by atoms with van der Waals surface area (Å²) in [5.74, 6) is 0.757. The van der Waals surface area contributed by atoms with Gasteiger partial charge in [-0.25, -0.2) is 0 Å². The lowest BCUT2D eigenvalue weighted by Crippen LogP contribution is -2.30. The second kappa shape index (κ2) is 35.2. The van der Waals surface area contributed by atoms with Crippen molar-refractivity contribution in [2.24, 2.45) is 11.8 Å². The van der Waals surface area contributed by atoms with Crippen LogP contribution in [0.25, 0.3) is 0 Å². The number of ether oxygens (including phenoxy) is 3. The molecule has 0 rings (SSSR count). The van der Waals surface area contributed by atoms with Crippen molar-refractivity contribution in [2.75, 3.05) is 13.2 Å². The van der Waals surface area contributed by atoms with Gasteiger partial charge in [0.1, 0.15) is 13.2 Å². The molecular formula is C42H80O6. The first-order chi connectivity index (χ1) is 23.3. The van der Waals surface area contributed by atoms with E-state index < -0.39 is 6.10 Å². The number of hydrogen-bond donors (Lipinski definition) is 0. The molecule has 0 aromatic heterocycles. The Morgan fingerprint density at radius 2 is 0.792 bits per heavy atom. The van der Waals surface area contributed by atoms with Crippen molar-refractivity contribution in [3.05, 3.63) is 0 Å². The molecule has 0 N–H and O–H groups in total. The van der Waals surface area contributed by atoms with Crippen LogP contribution in [0.2, 0.25) is 0 Å². The number of unbranched alkanes of at least 4 members (excludes halogenated alkanes) is 20. The van der Waals surface area contributed by atoms with E-state index in [2.05, 4.69) is 34.6 Å². The Balaban J connectivity index is 4.31. The van der Waals surface area contributed by atoms with E-state index >= 15 is 0 Å². The van der Waals surface area contributed by atoms with Crippen molar-refractivity contribution in [1.29, 1.82) is 0 Å². The predicted molar refractivity (Wildman–Crippen MR) is 201 cm³/mol. The van der Waals surface area contributed by atoms with E-state index in [9.17, 15) is 14.4 Å². The summed E-state index contributed by atoms with van der Waals surface area (Å²) < 4.78 is 16.6. The Morgan fingerprint density at radius 3 is 1.19 bits per heavy atom. The monoisotopic (exact) mass is 681 g/mol. The van der Waals surface area contributed by atoms with E-state index in [-0.39, 0.29) is 31.1 Å². The van der Waals surface area contributed by atoms with Crippen LogP contribution in [0.15, 0.2) is 0 Å². The van der Waals surface area contributed by atoms with Crippen LogP contribution in [0.5, 0.6) is 0 Å². The number of hydrogen-bond acceptors (Lipinski definition) is 6. The number of rotatable bonds is 36. The van der Waals surface area contributed by atoms with Crippen LogP contribution in [0.3, 0.4) is 0 Å². The van der Waals surface area contributed by atoms with Gasteiger partial charge >= 0.3 is 17.9 Å². The van der Waals surface area contributed by atoms with Crippen LogP contribution in [0.1, 0.15) is 221 Å². The Kier molecular flexibility index (Phi) is 34.1. The number of carbonyl (C=O) groups is 3. The van der Waals surface area contributed by atoms with Gasteiger partial charge in [-0.3, -0.25) is 14.4 Å². The molecule has 0 amide bonds. The fourth-order valence-corrected chi connectivity index (χ4v) is 6.01. The van der Waals surface area contributed by atoms with Crippen LogP contribution >= 0.6 is 0 Å². The van der Waals surface area contributed by atoms with Crippen LogP contribution < -0.4 is 0 Å². The molecule has 0 radical (unpaired) electrons. The van der Waals surface area contributed by atoms with E-state index in [1.165, 1.54) is 109 Å². The average molecular weight is 681 g/mol. The lowest BCUT2D eigenvalue weighted by atomic mass is 9.99. The normalized spacial score (nSPS) is 12.6. The molecule has 284 valence electrons. The molecule has 0 saturated heterocycles. The average Bonchev–Trinajstić information content (AvgIpc) is 3.06. The lowest BCUT2D eigenvalue weighted by Gasteiger charge is -2.18. The van der Waals surface area contributed by atoms with Gasteiger partial charge in [0.25, 0.3) is 0 Å². The van der Waals surface area contributed by atoms with E-state index in [0.29, 0.717) is 19.3 Å². The summed E-state index contributed by atoms with van der Waals surface area (Å²) in [6.45, 7) is 11.2. The van der Waals surface area contributed by atoms with Crippen molar-refractivity contribution < 1.29 is 28.6 Å². The summed E-state index contributed by atoms with van der Waals surface area (Å²) in [5, 5.41) is 0. The summed E-state index contributed by atoms with van der Waals surface area (Å²) in [7, 11) is 0. The van der Waals surface area contributed by atoms with E-state index in [0.717, 1.165) is 69.6 Å². The highest BCUT2D eigenvalue weighted by Crippen LogP contribution is 2.16. The molecule has 2 atom stereocenters. The first-order valence-corrected chi connectivity index (χ1v) is 20.8. The number of esters is 3. The topological polar surface area (TPSA) is 78.9 Å². The molecular weight excluding hydrogens is 600 g/mol. The first-order valence-electron chi connectivity index (χ1n) is 20.8. The van der Waals surface area contributed by atoms with E-state index in [1.54, 1.807) is 0 Å². The van der Waals surface area contributed by atoms with Gasteiger partial charge in [0.15, 0.2) is 6.10 Å². The lowest BCUT2D eigenvalue weighted by molar-refractivity contribution is -0.167. The molecule has 0 fully saturated rings. The zero-order valence-corrected chi connectivity index (χ0v) is 32.6. The zero-order chi connectivity index (χ0) is 35.5. The van der Waals surface area contributed by atoms with Gasteiger partial charge in [0.2, 0.25) is 0 Å². The molecule has 0 aliphatic carbocycles. The highest BCUT2D eigenvalue weighted by Gasteiger charge is 2.19. The zero-order valence-electron chi connectivity index (χ0n) is 32.6. The quantitative estimate of drug-likeness (QED) is 0.0372. The SMILES string of the molecule is CCCCCCCCCC(=O)OC[C@@H](COC(=O)CCCCCCCCC(C)C)OC(=O)CCCCCCCCCCCCC(C)CC. The largest absolute Gasteiger partial charge is 0.462 e. The van der Waals surface area contributed by atoms with Crippen molar-refractivity contribution in [1.82, 2.24) is 0 Å². The van der Waals surface area contributed by atoms with Gasteiger partial charge in [-0.1, -0.05) is 182 Å². The second-order valence-corrected chi connectivity index (χ2v) is 15.0. The first kappa shape index (κ1) is 46.4. The minimum absolute atomic E-state index is 0.0671. The van der Waals surface area contributed by atoms with Crippen LogP contribution in [0.4, 0.5) is 0 Å². The Bertz CT molecular complexity index is 736. The minimum Gasteiger partial charge on any atom is -0.462 e. The summed E-state index contributed by atoms with van der Waals surface area (Å²) in [4.78, 5) is 37.4. The third kappa shape index (κ3) is 34.3. The van der Waals surface area contributed by atoms with Gasteiger partial charge in [-0.2, -0.15) is 0 Å². The summed E-state index contributed by atoms with van der Waals surface area (Å²) in [6, 6.07) is 0. The molecule has 0 aliphatic rings. The highest BCUT2D eigenvalue weighted by molar-refractivity contribution is 5.71. The Labute approximate surface area is 298 Å². The molecule has 0 aromatic rings. The second-order valence-electron chi connectivity index (χ2n) is 15.0. The molecule has 0 aromatic carbocycles. The minimum atomic E-state index is -0.759. The molecule has 0 saturated carbocycles. The Morgan fingerprint density at radius 1 is 0.438 bits per heavy atom. The van der Waals surface area contributed by atoms with Gasteiger partial charge in [0.05, 0.1) is 0 Å². The van der Waals surface area contributed by atoms with E-state index in [1.807, 2.05) is 0 Å². The third-order valence-electron chi connectivity index (χ3n) is 9.58. The van der Waals surface area contributed by atoms with Crippen LogP contribution in [-0.2, 0) is 28.6 Å². The maximum Gasteiger partial charge on any atom is 0.306 e. The highest BCUT2D eigenvalue weighted by atomic mass is 16.6. The predicted octanol–water partition coefficient (Wildman–Crippen LogP) is 12.6. The molecule has 0 heterocycles. The van der Waals surface area contributed by atoms with Crippen molar-refractivity contribution in [3.63, 3.8) is 0 Å². The van der Waals surface area contributed by atoms with Gasteiger partial charge in [-0.15, -0.1) is 0 Å². The summed E-state index contributed by atoms with van der Waals surface area (Å²) in [5.41, 5.74) is 0. The maximum absolute atomic E-state index is 12.6. The summed E-state index contributed by atoms with van der Waals surface area (Å²) >= 11 is 0. The van der Waals surface area contributed by atoms with Crippen LogP contribution in [-0.4, -0.2) is 37.2 Å². The molecule has 0 aliphatic heterocycles. The smallest absolute Gasteiger partial charge is 0.306 e. The number of carbonyl (C=O) groups excluding carboxylic acids is 3. The van der Waals surface area contributed by atoms with Crippen molar-refractivity contribution >= 4 is 17.9 Å². The Hall–Kier alpha value is -1.59.